The van der Waals surface area contributed by atoms with Crippen molar-refractivity contribution >= 4 is 28.9 Å². The van der Waals surface area contributed by atoms with E-state index in [4.69, 9.17) is 16.7 Å². The summed E-state index contributed by atoms with van der Waals surface area (Å²) in [7, 11) is 0. The standard InChI is InChI=1S/C12H8ClFN2O2/c13-9-3-1-7(5-10(9)14)16-8-2-4-11(12(17)18)15-6-8/h1-6,16H,(H,17,18). The second kappa shape index (κ2) is 5.01. The van der Waals surface area contributed by atoms with Gasteiger partial charge in [-0.25, -0.2) is 14.2 Å². The fraction of sp³-hybridized carbons (Fsp3) is 0. The molecule has 0 spiro atoms. The van der Waals surface area contributed by atoms with Gasteiger partial charge >= 0.3 is 5.97 Å². The summed E-state index contributed by atoms with van der Waals surface area (Å²) < 4.78 is 13.2. The van der Waals surface area contributed by atoms with Crippen molar-refractivity contribution in [3.05, 3.63) is 53.1 Å². The van der Waals surface area contributed by atoms with Crippen LogP contribution in [0.15, 0.2) is 36.5 Å². The maximum absolute atomic E-state index is 13.2. The Bertz CT molecular complexity index is 587. The van der Waals surface area contributed by atoms with Crippen LogP contribution in [0, 0.1) is 5.82 Å². The van der Waals surface area contributed by atoms with Gasteiger partial charge in [0.2, 0.25) is 0 Å². The van der Waals surface area contributed by atoms with Gasteiger partial charge in [-0.3, -0.25) is 0 Å². The van der Waals surface area contributed by atoms with Gasteiger partial charge in [-0.1, -0.05) is 11.6 Å². The number of benzene rings is 1. The fourth-order valence-electron chi connectivity index (χ4n) is 1.33. The molecular formula is C12H8ClFN2O2. The zero-order valence-corrected chi connectivity index (χ0v) is 9.78. The predicted molar refractivity (Wildman–Crippen MR) is 65.9 cm³/mol. The molecule has 1 heterocycles. The van der Waals surface area contributed by atoms with Gasteiger partial charge in [0.15, 0.2) is 0 Å². The van der Waals surface area contributed by atoms with Crippen LogP contribution in [0.1, 0.15) is 10.5 Å². The Balaban J connectivity index is 2.18. The van der Waals surface area contributed by atoms with Crippen molar-refractivity contribution in [1.29, 1.82) is 0 Å². The lowest BCUT2D eigenvalue weighted by molar-refractivity contribution is 0.0690. The van der Waals surface area contributed by atoms with Gasteiger partial charge in [-0.2, -0.15) is 0 Å². The third-order valence-electron chi connectivity index (χ3n) is 2.19. The predicted octanol–water partition coefficient (Wildman–Crippen LogP) is 3.32. The summed E-state index contributed by atoms with van der Waals surface area (Å²) >= 11 is 5.56. The first-order valence-corrected chi connectivity index (χ1v) is 5.35. The molecule has 0 unspecified atom stereocenters. The number of hydrogen-bond acceptors (Lipinski definition) is 3. The highest BCUT2D eigenvalue weighted by Gasteiger charge is 2.05. The molecule has 0 aliphatic carbocycles. The Labute approximate surface area is 107 Å². The number of hydrogen-bond donors (Lipinski definition) is 2. The van der Waals surface area contributed by atoms with Gasteiger partial charge in [0.05, 0.1) is 16.9 Å². The van der Waals surface area contributed by atoms with Crippen LogP contribution in [-0.4, -0.2) is 16.1 Å². The molecule has 0 saturated heterocycles. The Morgan fingerprint density at radius 1 is 1.28 bits per heavy atom. The maximum Gasteiger partial charge on any atom is 0.354 e. The maximum atomic E-state index is 13.2. The van der Waals surface area contributed by atoms with E-state index in [-0.39, 0.29) is 10.7 Å². The number of aromatic carboxylic acids is 1. The summed E-state index contributed by atoms with van der Waals surface area (Å²) in [5.74, 6) is -1.63. The number of carbonyl (C=O) groups is 1. The fourth-order valence-corrected chi connectivity index (χ4v) is 1.45. The lowest BCUT2D eigenvalue weighted by Crippen LogP contribution is -2.00. The molecule has 0 amide bonds. The second-order valence-electron chi connectivity index (χ2n) is 3.49. The number of nitrogens with one attached hydrogen (secondary N) is 1. The molecule has 0 radical (unpaired) electrons. The van der Waals surface area contributed by atoms with Gasteiger partial charge in [0.25, 0.3) is 0 Å². The highest BCUT2D eigenvalue weighted by molar-refractivity contribution is 6.30. The molecule has 1 aromatic carbocycles. The number of anilines is 2. The second-order valence-corrected chi connectivity index (χ2v) is 3.90. The van der Waals surface area contributed by atoms with Crippen molar-refractivity contribution < 1.29 is 14.3 Å². The Morgan fingerprint density at radius 3 is 2.56 bits per heavy atom. The van der Waals surface area contributed by atoms with E-state index < -0.39 is 11.8 Å². The molecule has 18 heavy (non-hydrogen) atoms. The lowest BCUT2D eigenvalue weighted by Gasteiger charge is -2.06. The molecule has 0 fully saturated rings. The van der Waals surface area contributed by atoms with Crippen LogP contribution in [0.25, 0.3) is 0 Å². The van der Waals surface area contributed by atoms with Gasteiger partial charge < -0.3 is 10.4 Å². The summed E-state index contributed by atoms with van der Waals surface area (Å²) in [5, 5.41) is 11.6. The van der Waals surface area contributed by atoms with E-state index in [1.165, 1.54) is 24.4 Å². The summed E-state index contributed by atoms with van der Waals surface area (Å²) in [4.78, 5) is 14.3. The molecule has 2 rings (SSSR count). The molecule has 2 N–H and O–H groups in total. The zero-order valence-electron chi connectivity index (χ0n) is 9.02. The van der Waals surface area contributed by atoms with E-state index in [2.05, 4.69) is 10.3 Å². The number of carboxylic acid groups (broad SMARTS) is 1. The molecule has 6 heteroatoms. The van der Waals surface area contributed by atoms with E-state index in [1.807, 2.05) is 0 Å². The number of pyridine rings is 1. The third kappa shape index (κ3) is 2.75. The Kier molecular flexibility index (Phi) is 3.43. The topological polar surface area (TPSA) is 62.2 Å². The van der Waals surface area contributed by atoms with E-state index in [1.54, 1.807) is 12.1 Å². The van der Waals surface area contributed by atoms with Crippen LogP contribution < -0.4 is 5.32 Å². The number of rotatable bonds is 3. The average molecular weight is 267 g/mol. The van der Waals surface area contributed by atoms with Crippen molar-refractivity contribution in [3.8, 4) is 0 Å². The number of aromatic nitrogens is 1. The summed E-state index contributed by atoms with van der Waals surface area (Å²) in [6.07, 6.45) is 1.36. The first-order chi connectivity index (χ1) is 8.56. The number of carboxylic acids is 1. The molecular weight excluding hydrogens is 259 g/mol. The van der Waals surface area contributed by atoms with Crippen molar-refractivity contribution in [3.63, 3.8) is 0 Å². The summed E-state index contributed by atoms with van der Waals surface area (Å²) in [6.45, 7) is 0. The monoisotopic (exact) mass is 266 g/mol. The molecule has 0 atom stereocenters. The van der Waals surface area contributed by atoms with Crippen molar-refractivity contribution in [1.82, 2.24) is 4.98 Å². The molecule has 0 aliphatic rings. The van der Waals surface area contributed by atoms with Crippen LogP contribution in [0.4, 0.5) is 15.8 Å². The van der Waals surface area contributed by atoms with E-state index in [9.17, 15) is 9.18 Å². The molecule has 92 valence electrons. The molecule has 1 aromatic heterocycles. The van der Waals surface area contributed by atoms with E-state index >= 15 is 0 Å². The van der Waals surface area contributed by atoms with Gasteiger partial charge in [0.1, 0.15) is 11.5 Å². The van der Waals surface area contributed by atoms with Crippen LogP contribution in [0.3, 0.4) is 0 Å². The van der Waals surface area contributed by atoms with Gasteiger partial charge in [-0.05, 0) is 30.3 Å². The summed E-state index contributed by atoms with van der Waals surface area (Å²) in [5.41, 5.74) is 1.01. The Morgan fingerprint density at radius 2 is 2.00 bits per heavy atom. The van der Waals surface area contributed by atoms with Gasteiger partial charge in [-0.15, -0.1) is 0 Å². The number of halogens is 2. The molecule has 0 saturated carbocycles. The minimum atomic E-state index is -1.10. The first-order valence-electron chi connectivity index (χ1n) is 4.97. The molecule has 4 nitrogen and oxygen atoms in total. The molecule has 2 aromatic rings. The highest BCUT2D eigenvalue weighted by atomic mass is 35.5. The largest absolute Gasteiger partial charge is 0.477 e. The van der Waals surface area contributed by atoms with Crippen LogP contribution >= 0.6 is 11.6 Å². The number of nitrogens with zero attached hydrogens (tertiary/aromatic N) is 1. The van der Waals surface area contributed by atoms with Crippen molar-refractivity contribution in [2.45, 2.75) is 0 Å². The lowest BCUT2D eigenvalue weighted by atomic mass is 10.3. The van der Waals surface area contributed by atoms with Crippen molar-refractivity contribution in [2.75, 3.05) is 5.32 Å². The SMILES string of the molecule is O=C(O)c1ccc(Nc2ccc(Cl)c(F)c2)cn1. The average Bonchev–Trinajstić information content (AvgIpc) is 2.34. The highest BCUT2D eigenvalue weighted by Crippen LogP contribution is 2.21. The Hall–Kier alpha value is -2.14. The minimum absolute atomic E-state index is 0.0416. The quantitative estimate of drug-likeness (QED) is 0.895. The van der Waals surface area contributed by atoms with Gasteiger partial charge in [0, 0.05) is 5.69 Å². The molecule has 0 bridgehead atoms. The first kappa shape index (κ1) is 12.3. The molecule has 0 aliphatic heterocycles. The van der Waals surface area contributed by atoms with Crippen LogP contribution in [0.5, 0.6) is 0 Å². The normalized spacial score (nSPS) is 10.1. The third-order valence-corrected chi connectivity index (χ3v) is 2.50. The minimum Gasteiger partial charge on any atom is -0.477 e. The summed E-state index contributed by atoms with van der Waals surface area (Å²) in [6, 6.07) is 7.18. The van der Waals surface area contributed by atoms with Crippen molar-refractivity contribution in [2.24, 2.45) is 0 Å². The van der Waals surface area contributed by atoms with Crippen LogP contribution in [0.2, 0.25) is 5.02 Å². The zero-order chi connectivity index (χ0) is 13.1. The van der Waals surface area contributed by atoms with Crippen LogP contribution in [-0.2, 0) is 0 Å². The van der Waals surface area contributed by atoms with E-state index in [0.717, 1.165) is 0 Å². The van der Waals surface area contributed by atoms with E-state index in [0.29, 0.717) is 11.4 Å². The smallest absolute Gasteiger partial charge is 0.354 e.